The largest absolute Gasteiger partial charge is 0.444 e. The zero-order chi connectivity index (χ0) is 20.6. The van der Waals surface area contributed by atoms with Crippen molar-refractivity contribution in [2.75, 3.05) is 6.61 Å². The Morgan fingerprint density at radius 1 is 1.17 bits per heavy atom. The first kappa shape index (κ1) is 19.3. The van der Waals surface area contributed by atoms with Crippen LogP contribution < -0.4 is 5.32 Å². The quantitative estimate of drug-likeness (QED) is 0.813. The minimum atomic E-state index is -0.588. The monoisotopic (exact) mass is 422 g/mol. The lowest BCUT2D eigenvalue weighted by molar-refractivity contribution is -0.117. The number of hydrogen-bond donors (Lipinski definition) is 1. The molecule has 0 aromatic heterocycles. The highest BCUT2D eigenvalue weighted by Gasteiger charge is 2.61. The molecule has 154 valence electrons. The van der Waals surface area contributed by atoms with Gasteiger partial charge in [0.05, 0.1) is 18.0 Å². The van der Waals surface area contributed by atoms with Crippen molar-refractivity contribution in [1.29, 1.82) is 0 Å². The van der Waals surface area contributed by atoms with E-state index >= 15 is 0 Å². The molecule has 1 saturated carbocycles. The van der Waals surface area contributed by atoms with E-state index in [9.17, 15) is 9.59 Å². The van der Waals surface area contributed by atoms with Gasteiger partial charge in [-0.15, -0.1) is 0 Å². The second kappa shape index (κ2) is 7.89. The summed E-state index contributed by atoms with van der Waals surface area (Å²) in [5.74, 6) is 0.293. The zero-order valence-corrected chi connectivity index (χ0v) is 17.1. The van der Waals surface area contributed by atoms with Gasteiger partial charge in [0.1, 0.15) is 17.9 Å². The summed E-state index contributed by atoms with van der Waals surface area (Å²) >= 11 is 1.32. The molecule has 3 aliphatic rings. The van der Waals surface area contributed by atoms with Crippen molar-refractivity contribution in [3.05, 3.63) is 71.8 Å². The van der Waals surface area contributed by atoms with E-state index in [2.05, 4.69) is 17.4 Å². The normalized spacial score (nSPS) is 29.7. The van der Waals surface area contributed by atoms with Gasteiger partial charge < -0.3 is 9.47 Å². The molecule has 2 fully saturated rings. The van der Waals surface area contributed by atoms with Crippen LogP contribution in [0.5, 0.6) is 0 Å². The van der Waals surface area contributed by atoms with Crippen molar-refractivity contribution in [3.63, 3.8) is 0 Å². The lowest BCUT2D eigenvalue weighted by Gasteiger charge is -2.39. The van der Waals surface area contributed by atoms with Crippen molar-refractivity contribution in [3.8, 4) is 0 Å². The molecule has 1 aliphatic carbocycles. The van der Waals surface area contributed by atoms with E-state index in [-0.39, 0.29) is 29.7 Å². The van der Waals surface area contributed by atoms with Crippen molar-refractivity contribution in [2.45, 2.75) is 36.3 Å². The minimum Gasteiger partial charge on any atom is -0.444 e. The van der Waals surface area contributed by atoms with Crippen LogP contribution in [0.15, 0.2) is 65.7 Å². The lowest BCUT2D eigenvalue weighted by atomic mass is 9.80. The summed E-state index contributed by atoms with van der Waals surface area (Å²) in [4.78, 5) is 29.7. The molecule has 1 saturated heterocycles. The van der Waals surface area contributed by atoms with Gasteiger partial charge in [-0.3, -0.25) is 15.1 Å². The smallest absolute Gasteiger partial charge is 0.413 e. The van der Waals surface area contributed by atoms with Gasteiger partial charge in [-0.05, 0) is 23.5 Å². The summed E-state index contributed by atoms with van der Waals surface area (Å²) in [5, 5.41) is 2.85. The second-order valence-electron chi connectivity index (χ2n) is 7.91. The number of nitrogens with zero attached hydrogens (tertiary/aromatic N) is 1. The number of benzene rings is 2. The number of rotatable bonds is 3. The van der Waals surface area contributed by atoms with Crippen LogP contribution in [0.4, 0.5) is 4.79 Å². The number of carbonyl (C=O) groups is 2. The molecule has 2 aromatic carbocycles. The topological polar surface area (TPSA) is 77.0 Å². The fourth-order valence-electron chi connectivity index (χ4n) is 4.54. The number of amidine groups is 1. The predicted molar refractivity (Wildman–Crippen MR) is 114 cm³/mol. The number of Topliss-reactive ketones (excluding diaryl/α,β-unsaturated/α-hetero) is 1. The summed E-state index contributed by atoms with van der Waals surface area (Å²) in [5.41, 5.74) is 1.45. The SMILES string of the molecule is O=C(NC1=N[C@@]23CO[C@H](c4ccccc4)C[C@@H]2CC(=O)[C@H]3S1)OCc1ccccc1. The van der Waals surface area contributed by atoms with Crippen molar-refractivity contribution < 1.29 is 19.1 Å². The molecule has 5 rings (SSSR count). The number of aliphatic imine (C=N–C) groups is 1. The molecule has 6 nitrogen and oxygen atoms in total. The molecule has 2 aliphatic heterocycles. The first-order valence-electron chi connectivity index (χ1n) is 10.1. The van der Waals surface area contributed by atoms with Crippen LogP contribution in [0.3, 0.4) is 0 Å². The first-order chi connectivity index (χ1) is 14.6. The maximum atomic E-state index is 12.7. The van der Waals surface area contributed by atoms with Gasteiger partial charge in [-0.2, -0.15) is 0 Å². The number of ether oxygens (including phenoxy) is 2. The maximum absolute atomic E-state index is 12.7. The Kier molecular flexibility index (Phi) is 5.08. The third kappa shape index (κ3) is 3.52. The summed E-state index contributed by atoms with van der Waals surface area (Å²) in [6, 6.07) is 19.6. The van der Waals surface area contributed by atoms with Crippen molar-refractivity contribution in [2.24, 2.45) is 10.9 Å². The van der Waals surface area contributed by atoms with Crippen molar-refractivity contribution >= 4 is 28.8 Å². The molecular formula is C23H22N2O4S. The molecule has 4 atom stereocenters. The minimum absolute atomic E-state index is 0.0265. The van der Waals surface area contributed by atoms with E-state index in [1.54, 1.807) is 0 Å². The van der Waals surface area contributed by atoms with Gasteiger partial charge in [-0.25, -0.2) is 4.79 Å². The van der Waals surface area contributed by atoms with E-state index in [1.807, 2.05) is 48.5 Å². The molecule has 1 N–H and O–H groups in total. The first-order valence-corrected chi connectivity index (χ1v) is 11.0. The molecule has 2 heterocycles. The molecule has 0 bridgehead atoms. The van der Waals surface area contributed by atoms with Crippen LogP contribution in [-0.2, 0) is 20.9 Å². The van der Waals surface area contributed by atoms with E-state index in [4.69, 9.17) is 14.5 Å². The Hall–Kier alpha value is -2.64. The highest BCUT2D eigenvalue weighted by Crippen LogP contribution is 2.54. The van der Waals surface area contributed by atoms with Crippen LogP contribution in [0.1, 0.15) is 30.1 Å². The van der Waals surface area contributed by atoms with Crippen molar-refractivity contribution in [1.82, 2.24) is 5.32 Å². The number of alkyl carbamates (subject to hydrolysis) is 1. The van der Waals surface area contributed by atoms with Crippen LogP contribution in [0.2, 0.25) is 0 Å². The Bertz CT molecular complexity index is 981. The van der Waals surface area contributed by atoms with E-state index < -0.39 is 11.6 Å². The van der Waals surface area contributed by atoms with E-state index in [0.29, 0.717) is 18.2 Å². The fourth-order valence-corrected chi connectivity index (χ4v) is 5.88. The maximum Gasteiger partial charge on any atom is 0.413 e. The van der Waals surface area contributed by atoms with Gasteiger partial charge >= 0.3 is 6.09 Å². The third-order valence-electron chi connectivity index (χ3n) is 6.05. The van der Waals surface area contributed by atoms with Crippen LogP contribution in [0, 0.1) is 5.92 Å². The number of amides is 1. The van der Waals surface area contributed by atoms with Gasteiger partial charge in [0.25, 0.3) is 0 Å². The highest BCUT2D eigenvalue weighted by atomic mass is 32.2. The average molecular weight is 423 g/mol. The van der Waals surface area contributed by atoms with Gasteiger partial charge in [0, 0.05) is 6.42 Å². The van der Waals surface area contributed by atoms with Crippen LogP contribution in [0.25, 0.3) is 0 Å². The van der Waals surface area contributed by atoms with Gasteiger partial charge in [0.2, 0.25) is 0 Å². The van der Waals surface area contributed by atoms with E-state index in [0.717, 1.165) is 17.5 Å². The molecule has 2 aromatic rings. The number of hydrogen-bond acceptors (Lipinski definition) is 6. The Balaban J connectivity index is 1.26. The van der Waals surface area contributed by atoms with Crippen LogP contribution in [-0.4, -0.2) is 34.4 Å². The highest BCUT2D eigenvalue weighted by molar-refractivity contribution is 8.15. The summed E-state index contributed by atoms with van der Waals surface area (Å²) in [6.45, 7) is 0.563. The van der Waals surface area contributed by atoms with Crippen LogP contribution >= 0.6 is 11.8 Å². The third-order valence-corrected chi connectivity index (χ3v) is 7.37. The molecular weight excluding hydrogens is 400 g/mol. The standard InChI is InChI=1S/C23H22N2O4S/c26-18-11-17-12-19(16-9-5-2-6-10-16)29-14-23(17)20(18)30-21(25-23)24-22(27)28-13-15-7-3-1-4-8-15/h1-10,17,19-20H,11-14H2,(H,24,25,27)/t17-,19-,20+,23-/m0/s1. The summed E-state index contributed by atoms with van der Waals surface area (Å²) in [6.07, 6.45) is 0.674. The Labute approximate surface area is 179 Å². The number of ketones is 1. The summed E-state index contributed by atoms with van der Waals surface area (Å²) in [7, 11) is 0. The molecule has 7 heteroatoms. The predicted octanol–water partition coefficient (Wildman–Crippen LogP) is 3.87. The number of carbonyl (C=O) groups excluding carboxylic acids is 2. The summed E-state index contributed by atoms with van der Waals surface area (Å²) < 4.78 is 11.5. The number of nitrogens with one attached hydrogen (secondary N) is 1. The molecule has 0 radical (unpaired) electrons. The fraction of sp³-hybridized carbons (Fsp3) is 0.348. The van der Waals surface area contributed by atoms with Gasteiger partial charge in [-0.1, -0.05) is 72.4 Å². The Morgan fingerprint density at radius 3 is 2.67 bits per heavy atom. The number of thioether (sulfide) groups is 1. The van der Waals surface area contributed by atoms with Gasteiger partial charge in [0.15, 0.2) is 5.17 Å². The molecule has 0 unspecified atom stereocenters. The second-order valence-corrected chi connectivity index (χ2v) is 9.00. The Morgan fingerprint density at radius 2 is 1.90 bits per heavy atom. The zero-order valence-electron chi connectivity index (χ0n) is 16.3. The lowest BCUT2D eigenvalue weighted by Crippen LogP contribution is -2.47. The average Bonchev–Trinajstić information content (AvgIpc) is 3.26. The molecule has 1 spiro atoms. The van der Waals surface area contributed by atoms with E-state index in [1.165, 1.54) is 11.8 Å². The molecule has 30 heavy (non-hydrogen) atoms. The molecule has 1 amide bonds.